The number of hydrogen-bond acceptors (Lipinski definition) is 9. The summed E-state index contributed by atoms with van der Waals surface area (Å²) < 4.78 is 27.6. The van der Waals surface area contributed by atoms with Crippen LogP contribution < -0.4 is 24.3 Å². The van der Waals surface area contributed by atoms with Crippen LogP contribution in [0.4, 0.5) is 0 Å². The van der Waals surface area contributed by atoms with Crippen LogP contribution in [0.1, 0.15) is 73.3 Å². The molecule has 0 unspecified atom stereocenters. The molecule has 1 atom stereocenters. The summed E-state index contributed by atoms with van der Waals surface area (Å²) in [4.78, 5) is 43.5. The predicted octanol–water partition coefficient (Wildman–Crippen LogP) is 6.21. The lowest BCUT2D eigenvalue weighted by Crippen LogP contribution is -2.40. The van der Waals surface area contributed by atoms with Gasteiger partial charge in [0.1, 0.15) is 23.3 Å². The van der Waals surface area contributed by atoms with Crippen LogP contribution in [0.5, 0.6) is 23.0 Å². The number of nitrogens with one attached hydrogen (secondary N) is 1. The van der Waals surface area contributed by atoms with Gasteiger partial charge in [0.15, 0.2) is 11.4 Å². The summed E-state index contributed by atoms with van der Waals surface area (Å²) in [5, 5.41) is 2.61. The van der Waals surface area contributed by atoms with Crippen LogP contribution in [0, 0.1) is 19.8 Å². The summed E-state index contributed by atoms with van der Waals surface area (Å²) in [7, 11) is 4.61. The molecule has 0 spiro atoms. The maximum absolute atomic E-state index is 13.3. The van der Waals surface area contributed by atoms with Gasteiger partial charge in [0.2, 0.25) is 5.75 Å². The zero-order chi connectivity index (χ0) is 33.3. The van der Waals surface area contributed by atoms with Gasteiger partial charge in [0, 0.05) is 17.8 Å². The molecule has 1 heterocycles. The maximum atomic E-state index is 13.3. The number of methoxy groups -OCH3 is 3. The standard InChI is InChI=1S/C35H42N2O8/c1-10-24(11-2)35(40)45-32-29(43-9)16-17-36-31(32)33(38)37-22(5)34(39)44-23(6)30(25-12-14-27(41-7)20(3)18-25)26-13-15-28(42-8)21(4)19-26/h12-19,22,24H,10-11H2,1-9H3,(H,37,38)/t22-/m0/s1. The second-order valence-electron chi connectivity index (χ2n) is 10.5. The number of hydrogen-bond donors (Lipinski definition) is 1. The molecule has 0 saturated carbocycles. The van der Waals surface area contributed by atoms with Gasteiger partial charge in [-0.1, -0.05) is 26.0 Å². The molecule has 240 valence electrons. The van der Waals surface area contributed by atoms with Gasteiger partial charge >= 0.3 is 11.9 Å². The van der Waals surface area contributed by atoms with Crippen molar-refractivity contribution in [1.82, 2.24) is 10.3 Å². The molecule has 0 saturated heterocycles. The highest BCUT2D eigenvalue weighted by molar-refractivity contribution is 5.99. The van der Waals surface area contributed by atoms with E-state index in [0.29, 0.717) is 24.2 Å². The molecule has 1 N–H and O–H groups in total. The molecule has 10 nitrogen and oxygen atoms in total. The van der Waals surface area contributed by atoms with Crippen LogP contribution in [0.3, 0.4) is 0 Å². The minimum Gasteiger partial charge on any atom is -0.496 e. The van der Waals surface area contributed by atoms with E-state index in [4.69, 9.17) is 23.7 Å². The monoisotopic (exact) mass is 618 g/mol. The fourth-order valence-corrected chi connectivity index (χ4v) is 4.91. The number of pyridine rings is 1. The van der Waals surface area contributed by atoms with Crippen molar-refractivity contribution in [3.63, 3.8) is 0 Å². The molecule has 3 aromatic rings. The van der Waals surface area contributed by atoms with Gasteiger partial charge in [-0.05, 0) is 87.1 Å². The van der Waals surface area contributed by atoms with Crippen molar-refractivity contribution in [3.05, 3.63) is 82.4 Å². The molecule has 2 aromatic carbocycles. The number of aromatic nitrogens is 1. The summed E-state index contributed by atoms with van der Waals surface area (Å²) in [6.07, 6.45) is 2.50. The summed E-state index contributed by atoms with van der Waals surface area (Å²) >= 11 is 0. The van der Waals surface area contributed by atoms with Crippen LogP contribution in [-0.4, -0.2) is 50.2 Å². The molecule has 0 aliphatic heterocycles. The summed E-state index contributed by atoms with van der Waals surface area (Å²) in [5.41, 5.74) is 3.92. The molecular weight excluding hydrogens is 576 g/mol. The second-order valence-corrected chi connectivity index (χ2v) is 10.5. The third kappa shape index (κ3) is 8.20. The van der Waals surface area contributed by atoms with E-state index in [-0.39, 0.29) is 23.1 Å². The second kappa shape index (κ2) is 15.7. The molecule has 3 rings (SSSR count). The largest absolute Gasteiger partial charge is 0.496 e. The number of carbonyl (C=O) groups is 3. The lowest BCUT2D eigenvalue weighted by Gasteiger charge is -2.19. The first-order chi connectivity index (χ1) is 21.5. The molecule has 1 aromatic heterocycles. The van der Waals surface area contributed by atoms with E-state index >= 15 is 0 Å². The molecule has 0 aliphatic carbocycles. The Bertz CT molecular complexity index is 1520. The number of nitrogens with zero attached hydrogens (tertiary/aromatic N) is 1. The van der Waals surface area contributed by atoms with E-state index in [1.165, 1.54) is 26.3 Å². The van der Waals surface area contributed by atoms with Crippen molar-refractivity contribution in [3.8, 4) is 23.0 Å². The van der Waals surface area contributed by atoms with E-state index in [1.807, 2.05) is 64.1 Å². The van der Waals surface area contributed by atoms with E-state index in [0.717, 1.165) is 33.8 Å². The van der Waals surface area contributed by atoms with Gasteiger partial charge in [0.05, 0.1) is 27.2 Å². The topological polar surface area (TPSA) is 122 Å². The number of allylic oxidation sites excluding steroid dienone is 1. The van der Waals surface area contributed by atoms with E-state index in [1.54, 1.807) is 21.1 Å². The molecule has 0 aliphatic rings. The van der Waals surface area contributed by atoms with Crippen molar-refractivity contribution in [2.45, 2.75) is 60.4 Å². The van der Waals surface area contributed by atoms with Gasteiger partial charge in [-0.2, -0.15) is 0 Å². The zero-order valence-corrected chi connectivity index (χ0v) is 27.4. The summed E-state index contributed by atoms with van der Waals surface area (Å²) in [6, 6.07) is 11.8. The van der Waals surface area contributed by atoms with Crippen LogP contribution in [0.2, 0.25) is 0 Å². The first-order valence-corrected chi connectivity index (χ1v) is 14.8. The fourth-order valence-electron chi connectivity index (χ4n) is 4.91. The molecule has 10 heteroatoms. The van der Waals surface area contributed by atoms with Crippen LogP contribution in [0.15, 0.2) is 54.4 Å². The quantitative estimate of drug-likeness (QED) is 0.176. The predicted molar refractivity (Wildman–Crippen MR) is 171 cm³/mol. The molecule has 0 radical (unpaired) electrons. The highest BCUT2D eigenvalue weighted by atomic mass is 16.6. The highest BCUT2D eigenvalue weighted by Crippen LogP contribution is 2.34. The molecule has 1 amide bonds. The van der Waals surface area contributed by atoms with Crippen LogP contribution in [0.25, 0.3) is 5.57 Å². The van der Waals surface area contributed by atoms with Crippen molar-refractivity contribution in [2.75, 3.05) is 21.3 Å². The Kier molecular flexibility index (Phi) is 12.1. The van der Waals surface area contributed by atoms with Crippen LogP contribution in [-0.2, 0) is 14.3 Å². The lowest BCUT2D eigenvalue weighted by molar-refractivity contribution is -0.141. The number of carbonyl (C=O) groups excluding carboxylic acids is 3. The van der Waals surface area contributed by atoms with Gasteiger partial charge in [0.25, 0.3) is 5.91 Å². The average molecular weight is 619 g/mol. The highest BCUT2D eigenvalue weighted by Gasteiger charge is 2.28. The first kappa shape index (κ1) is 34.6. The fraction of sp³-hybridized carbons (Fsp3) is 0.371. The molecule has 0 bridgehead atoms. The van der Waals surface area contributed by atoms with Crippen molar-refractivity contribution in [2.24, 2.45) is 5.92 Å². The summed E-state index contributed by atoms with van der Waals surface area (Å²) in [6.45, 7) is 10.8. The Hall–Kier alpha value is -4.86. The Morgan fingerprint density at radius 1 is 0.800 bits per heavy atom. The Morgan fingerprint density at radius 2 is 1.33 bits per heavy atom. The SMILES string of the molecule is CCC(CC)C(=O)Oc1c(OC)ccnc1C(=O)N[C@@H](C)C(=O)OC(C)=C(c1ccc(OC)c(C)c1)c1ccc(OC)c(C)c1. The molecule has 0 fully saturated rings. The minimum absolute atomic E-state index is 0.113. The molecular formula is C35H42N2O8. The minimum atomic E-state index is -1.08. The first-order valence-electron chi connectivity index (χ1n) is 14.8. The normalized spacial score (nSPS) is 11.3. The number of esters is 2. The van der Waals surface area contributed by atoms with Crippen molar-refractivity contribution in [1.29, 1.82) is 0 Å². The Labute approximate surface area is 264 Å². The van der Waals surface area contributed by atoms with Crippen molar-refractivity contribution >= 4 is 23.4 Å². The van der Waals surface area contributed by atoms with Gasteiger partial charge in [-0.15, -0.1) is 0 Å². The summed E-state index contributed by atoms with van der Waals surface area (Å²) in [5.74, 6) is -0.449. The third-order valence-electron chi connectivity index (χ3n) is 7.50. The smallest absolute Gasteiger partial charge is 0.333 e. The lowest BCUT2D eigenvalue weighted by atomic mass is 9.94. The van der Waals surface area contributed by atoms with Gasteiger partial charge in [-0.3, -0.25) is 9.59 Å². The Balaban J connectivity index is 1.93. The Morgan fingerprint density at radius 3 is 1.80 bits per heavy atom. The van der Waals surface area contributed by atoms with E-state index in [9.17, 15) is 14.4 Å². The van der Waals surface area contributed by atoms with Gasteiger partial charge < -0.3 is 29.0 Å². The number of ether oxygens (including phenoxy) is 5. The number of amides is 1. The number of aryl methyl sites for hydroxylation is 2. The third-order valence-corrected chi connectivity index (χ3v) is 7.50. The maximum Gasteiger partial charge on any atom is 0.333 e. The zero-order valence-electron chi connectivity index (χ0n) is 27.4. The van der Waals surface area contributed by atoms with Gasteiger partial charge in [-0.25, -0.2) is 9.78 Å². The van der Waals surface area contributed by atoms with E-state index < -0.39 is 23.9 Å². The number of rotatable bonds is 13. The molecule has 45 heavy (non-hydrogen) atoms. The number of benzene rings is 2. The van der Waals surface area contributed by atoms with E-state index in [2.05, 4.69) is 10.3 Å². The van der Waals surface area contributed by atoms with Crippen molar-refractivity contribution < 1.29 is 38.1 Å². The average Bonchev–Trinajstić information content (AvgIpc) is 3.02. The van der Waals surface area contributed by atoms with Crippen LogP contribution >= 0.6 is 0 Å².